The zero-order chi connectivity index (χ0) is 16.0. The molecule has 0 radical (unpaired) electrons. The van der Waals surface area contributed by atoms with Gasteiger partial charge in [0.15, 0.2) is 0 Å². The van der Waals surface area contributed by atoms with Crippen LogP contribution in [-0.4, -0.2) is 20.8 Å². The van der Waals surface area contributed by atoms with Crippen LogP contribution in [0.15, 0.2) is 54.9 Å². The fraction of sp³-hybridized carbons (Fsp3) is 0.200. The van der Waals surface area contributed by atoms with E-state index in [1.165, 1.54) is 0 Å². The molecule has 1 atom stereocenters. The molecule has 0 aliphatic carbocycles. The third-order valence-corrected chi connectivity index (χ3v) is 3.69. The molecular weight excluding hydrogens is 345 g/mol. The van der Waals surface area contributed by atoms with E-state index in [1.807, 2.05) is 18.2 Å². The van der Waals surface area contributed by atoms with Gasteiger partial charge in [-0.05, 0) is 18.2 Å². The SMILES string of the molecule is O=C(N[C@H]([NH2+]Cc1cccnc1)C(Cl)(Cl)Cl)c1ccccc1. The van der Waals surface area contributed by atoms with Crippen LogP contribution in [0.2, 0.25) is 0 Å². The first-order valence-electron chi connectivity index (χ1n) is 6.61. The normalized spacial score (nSPS) is 12.7. The topological polar surface area (TPSA) is 58.6 Å². The minimum absolute atomic E-state index is 0.292. The monoisotopic (exact) mass is 358 g/mol. The summed E-state index contributed by atoms with van der Waals surface area (Å²) in [5.74, 6) is -0.292. The molecule has 4 nitrogen and oxygen atoms in total. The number of nitrogens with two attached hydrogens (primary N) is 1. The zero-order valence-electron chi connectivity index (χ0n) is 11.5. The van der Waals surface area contributed by atoms with Gasteiger partial charge in [0.1, 0.15) is 6.54 Å². The first-order valence-corrected chi connectivity index (χ1v) is 7.75. The summed E-state index contributed by atoms with van der Waals surface area (Å²) in [6.07, 6.45) is 2.70. The maximum atomic E-state index is 12.2. The predicted molar refractivity (Wildman–Crippen MR) is 87.9 cm³/mol. The molecule has 2 aromatic rings. The summed E-state index contributed by atoms with van der Waals surface area (Å²) < 4.78 is -1.63. The van der Waals surface area contributed by atoms with Gasteiger partial charge in [-0.3, -0.25) is 15.1 Å². The van der Waals surface area contributed by atoms with Crippen molar-refractivity contribution in [3.63, 3.8) is 0 Å². The minimum atomic E-state index is -1.63. The molecule has 1 heterocycles. The van der Waals surface area contributed by atoms with Crippen LogP contribution in [0.25, 0.3) is 0 Å². The van der Waals surface area contributed by atoms with Crippen molar-refractivity contribution in [2.45, 2.75) is 16.5 Å². The molecular formula is C15H15Cl3N3O+. The lowest BCUT2D eigenvalue weighted by Crippen LogP contribution is -2.95. The number of hydrogen-bond donors (Lipinski definition) is 2. The van der Waals surface area contributed by atoms with E-state index < -0.39 is 9.96 Å². The van der Waals surface area contributed by atoms with E-state index in [0.29, 0.717) is 12.1 Å². The molecule has 0 aliphatic heterocycles. The third kappa shape index (κ3) is 5.14. The Kier molecular flexibility index (Phi) is 6.03. The number of alkyl halides is 3. The molecule has 0 spiro atoms. The Morgan fingerprint density at radius 1 is 1.18 bits per heavy atom. The Bertz CT molecular complexity index is 602. The number of amides is 1. The Balaban J connectivity index is 2.02. The Hall–Kier alpha value is -1.33. The second-order valence-corrected chi connectivity index (χ2v) is 7.03. The highest BCUT2D eigenvalue weighted by atomic mass is 35.6. The summed E-state index contributed by atoms with van der Waals surface area (Å²) >= 11 is 17.9. The van der Waals surface area contributed by atoms with Crippen LogP contribution in [0.4, 0.5) is 0 Å². The molecule has 0 saturated heterocycles. The predicted octanol–water partition coefficient (Wildman–Crippen LogP) is 2.27. The van der Waals surface area contributed by atoms with Gasteiger partial charge >= 0.3 is 0 Å². The summed E-state index contributed by atoms with van der Waals surface area (Å²) in [6.45, 7) is 0.529. The molecule has 1 amide bonds. The van der Waals surface area contributed by atoms with E-state index in [9.17, 15) is 4.79 Å². The molecule has 3 N–H and O–H groups in total. The number of carbonyl (C=O) groups is 1. The van der Waals surface area contributed by atoms with Crippen molar-refractivity contribution in [2.75, 3.05) is 0 Å². The summed E-state index contributed by atoms with van der Waals surface area (Å²) in [7, 11) is 0. The van der Waals surface area contributed by atoms with Gasteiger partial charge in [0, 0.05) is 23.5 Å². The van der Waals surface area contributed by atoms with Gasteiger partial charge in [-0.15, -0.1) is 0 Å². The quantitative estimate of drug-likeness (QED) is 0.635. The van der Waals surface area contributed by atoms with E-state index in [2.05, 4.69) is 10.3 Å². The van der Waals surface area contributed by atoms with E-state index in [0.717, 1.165) is 5.56 Å². The standard InChI is InChI=1S/C15H14Cl3N3O/c16-15(17,18)14(20-10-11-5-4-8-19-9-11)21-13(22)12-6-2-1-3-7-12/h1-9,14,20H,10H2,(H,21,22)/p+1/t14-/m0/s1. The fourth-order valence-electron chi connectivity index (χ4n) is 1.86. The first-order chi connectivity index (χ1) is 10.5. The van der Waals surface area contributed by atoms with E-state index >= 15 is 0 Å². The Labute approximate surface area is 143 Å². The average molecular weight is 360 g/mol. The van der Waals surface area contributed by atoms with Crippen molar-refractivity contribution in [3.05, 3.63) is 66.0 Å². The highest BCUT2D eigenvalue weighted by Gasteiger charge is 2.37. The molecule has 116 valence electrons. The van der Waals surface area contributed by atoms with Crippen LogP contribution in [0.3, 0.4) is 0 Å². The number of nitrogens with one attached hydrogen (secondary N) is 1. The minimum Gasteiger partial charge on any atom is -0.319 e. The highest BCUT2D eigenvalue weighted by molar-refractivity contribution is 6.68. The zero-order valence-corrected chi connectivity index (χ0v) is 13.8. The number of hydrogen-bond acceptors (Lipinski definition) is 2. The molecule has 7 heteroatoms. The smallest absolute Gasteiger partial charge is 0.262 e. The van der Waals surface area contributed by atoms with Gasteiger partial charge in [0.25, 0.3) is 9.70 Å². The van der Waals surface area contributed by atoms with Crippen LogP contribution in [0.1, 0.15) is 15.9 Å². The number of aromatic nitrogens is 1. The van der Waals surface area contributed by atoms with Crippen LogP contribution >= 0.6 is 34.8 Å². The van der Waals surface area contributed by atoms with Crippen LogP contribution in [0.5, 0.6) is 0 Å². The van der Waals surface area contributed by atoms with Crippen LogP contribution in [0, 0.1) is 0 Å². The number of pyridine rings is 1. The average Bonchev–Trinajstić information content (AvgIpc) is 2.52. The maximum Gasteiger partial charge on any atom is 0.262 e. The number of nitrogens with zero attached hydrogens (tertiary/aromatic N) is 1. The van der Waals surface area contributed by atoms with E-state index in [-0.39, 0.29) is 5.91 Å². The first kappa shape index (κ1) is 17.0. The van der Waals surface area contributed by atoms with Gasteiger partial charge in [0.2, 0.25) is 6.17 Å². The molecule has 0 unspecified atom stereocenters. The van der Waals surface area contributed by atoms with Gasteiger partial charge in [-0.1, -0.05) is 59.1 Å². The summed E-state index contributed by atoms with van der Waals surface area (Å²) in [4.78, 5) is 16.2. The van der Waals surface area contributed by atoms with Gasteiger partial charge in [-0.2, -0.15) is 0 Å². The number of rotatable bonds is 5. The number of quaternary nitrogens is 1. The van der Waals surface area contributed by atoms with Crippen molar-refractivity contribution in [2.24, 2.45) is 0 Å². The van der Waals surface area contributed by atoms with Crippen LogP contribution in [-0.2, 0) is 6.54 Å². The molecule has 0 fully saturated rings. The van der Waals surface area contributed by atoms with Crippen LogP contribution < -0.4 is 10.6 Å². The van der Waals surface area contributed by atoms with Crippen molar-refractivity contribution in [1.82, 2.24) is 10.3 Å². The highest BCUT2D eigenvalue weighted by Crippen LogP contribution is 2.27. The third-order valence-electron chi connectivity index (χ3n) is 2.99. The molecule has 0 saturated carbocycles. The van der Waals surface area contributed by atoms with Gasteiger partial charge in [0.05, 0.1) is 0 Å². The van der Waals surface area contributed by atoms with Gasteiger partial charge < -0.3 is 5.32 Å². The lowest BCUT2D eigenvalue weighted by atomic mass is 10.2. The lowest BCUT2D eigenvalue weighted by Gasteiger charge is -2.23. The second kappa shape index (κ2) is 7.79. The molecule has 1 aromatic heterocycles. The van der Waals surface area contributed by atoms with Crippen molar-refractivity contribution in [1.29, 1.82) is 0 Å². The largest absolute Gasteiger partial charge is 0.319 e. The Morgan fingerprint density at radius 3 is 2.50 bits per heavy atom. The lowest BCUT2D eigenvalue weighted by molar-refractivity contribution is -0.706. The van der Waals surface area contributed by atoms with E-state index in [1.54, 1.807) is 42.0 Å². The second-order valence-electron chi connectivity index (χ2n) is 4.66. The molecule has 2 rings (SSSR count). The summed E-state index contributed by atoms with van der Waals surface area (Å²) in [5.41, 5.74) is 1.48. The number of halogens is 3. The van der Waals surface area contributed by atoms with Crippen molar-refractivity contribution >= 4 is 40.7 Å². The van der Waals surface area contributed by atoms with E-state index in [4.69, 9.17) is 34.8 Å². The van der Waals surface area contributed by atoms with Crippen molar-refractivity contribution < 1.29 is 10.1 Å². The Morgan fingerprint density at radius 2 is 1.91 bits per heavy atom. The summed E-state index contributed by atoms with van der Waals surface area (Å²) in [6, 6.07) is 12.5. The van der Waals surface area contributed by atoms with Crippen molar-refractivity contribution in [3.8, 4) is 0 Å². The molecule has 1 aromatic carbocycles. The number of carbonyl (C=O) groups excluding carboxylic acids is 1. The molecule has 0 bridgehead atoms. The summed E-state index contributed by atoms with van der Waals surface area (Å²) in [5, 5.41) is 4.49. The maximum absolute atomic E-state index is 12.2. The number of benzene rings is 1. The molecule has 22 heavy (non-hydrogen) atoms. The molecule has 0 aliphatic rings. The van der Waals surface area contributed by atoms with Gasteiger partial charge in [-0.25, -0.2) is 0 Å². The fourth-order valence-corrected chi connectivity index (χ4v) is 2.29.